The maximum absolute atomic E-state index is 11.8. The first-order valence-electron chi connectivity index (χ1n) is 10.5. The first-order chi connectivity index (χ1) is 14.7. The smallest absolute Gasteiger partial charge is 0.407 e. The lowest BCUT2D eigenvalue weighted by Gasteiger charge is -2.44. The summed E-state index contributed by atoms with van der Waals surface area (Å²) in [5.41, 5.74) is 1.64. The molecule has 8 nitrogen and oxygen atoms in total. The molecule has 0 spiro atoms. The van der Waals surface area contributed by atoms with Crippen LogP contribution in [0.1, 0.15) is 45.1 Å². The van der Waals surface area contributed by atoms with E-state index in [-0.39, 0.29) is 18.6 Å². The van der Waals surface area contributed by atoms with Gasteiger partial charge in [-0.1, -0.05) is 11.6 Å². The molecule has 2 aromatic rings. The molecule has 1 unspecified atom stereocenters. The molecule has 0 radical (unpaired) electrons. The van der Waals surface area contributed by atoms with Gasteiger partial charge in [0.2, 0.25) is 5.88 Å². The van der Waals surface area contributed by atoms with E-state index in [1.54, 1.807) is 24.3 Å². The average molecular weight is 451 g/mol. The third-order valence-electron chi connectivity index (χ3n) is 5.85. The number of hydrogen-bond acceptors (Lipinski definition) is 6. The van der Waals surface area contributed by atoms with Gasteiger partial charge < -0.3 is 24.7 Å². The van der Waals surface area contributed by atoms with Crippen LogP contribution in [0.3, 0.4) is 0 Å². The number of halogens is 1. The molecule has 31 heavy (non-hydrogen) atoms. The summed E-state index contributed by atoms with van der Waals surface area (Å²) in [5.74, 6) is 0.221. The molecule has 1 atom stereocenters. The Hall–Kier alpha value is -2.16. The number of methoxy groups -OCH3 is 1. The van der Waals surface area contributed by atoms with Crippen molar-refractivity contribution in [3.8, 4) is 5.88 Å². The van der Waals surface area contributed by atoms with Gasteiger partial charge in [-0.15, -0.1) is 0 Å². The third kappa shape index (κ3) is 5.19. The molecule has 1 fully saturated rings. The second-order valence-corrected chi connectivity index (χ2v) is 9.38. The normalized spacial score (nSPS) is 17.0. The molecule has 1 aliphatic rings. The Morgan fingerprint density at radius 3 is 2.58 bits per heavy atom. The Morgan fingerprint density at radius 1 is 1.35 bits per heavy atom. The van der Waals surface area contributed by atoms with Crippen LogP contribution in [0.4, 0.5) is 4.79 Å². The van der Waals surface area contributed by atoms with Crippen LogP contribution in [-0.4, -0.2) is 81.0 Å². The number of carbonyl (C=O) groups is 1. The average Bonchev–Trinajstić information content (AvgIpc) is 2.72. The second-order valence-electron chi connectivity index (χ2n) is 8.98. The third-order valence-corrected chi connectivity index (χ3v) is 6.15. The molecule has 170 valence electrons. The number of piperidine rings is 1. The van der Waals surface area contributed by atoms with Crippen molar-refractivity contribution in [2.75, 3.05) is 33.4 Å². The molecule has 9 heteroatoms. The van der Waals surface area contributed by atoms with E-state index in [4.69, 9.17) is 16.3 Å². The molecular weight excluding hydrogens is 420 g/mol. The molecule has 3 rings (SSSR count). The molecule has 0 aliphatic carbocycles. The molecule has 0 aromatic carbocycles. The summed E-state index contributed by atoms with van der Waals surface area (Å²) >= 11 is 6.49. The number of aliphatic hydroxyl groups excluding tert-OH is 1. The first-order valence-corrected chi connectivity index (χ1v) is 10.9. The molecule has 2 N–H and O–H groups in total. The van der Waals surface area contributed by atoms with E-state index in [0.717, 1.165) is 31.5 Å². The number of aromatic nitrogens is 2. The van der Waals surface area contributed by atoms with Gasteiger partial charge in [-0.05, 0) is 39.7 Å². The van der Waals surface area contributed by atoms with Crippen LogP contribution in [-0.2, 0) is 0 Å². The molecule has 0 bridgehead atoms. The van der Waals surface area contributed by atoms with Crippen LogP contribution in [0.15, 0.2) is 18.3 Å². The number of rotatable bonds is 6. The van der Waals surface area contributed by atoms with Gasteiger partial charge in [0.15, 0.2) is 0 Å². The summed E-state index contributed by atoms with van der Waals surface area (Å²) in [6.45, 7) is 7.79. The van der Waals surface area contributed by atoms with Gasteiger partial charge in [0.25, 0.3) is 0 Å². The monoisotopic (exact) mass is 450 g/mol. The summed E-state index contributed by atoms with van der Waals surface area (Å²) < 4.78 is 5.25. The summed E-state index contributed by atoms with van der Waals surface area (Å²) in [6, 6.07) is 3.56. The van der Waals surface area contributed by atoms with E-state index < -0.39 is 11.6 Å². The zero-order valence-electron chi connectivity index (χ0n) is 18.5. The lowest BCUT2D eigenvalue weighted by molar-refractivity contribution is 0.0400. The van der Waals surface area contributed by atoms with E-state index in [2.05, 4.69) is 14.9 Å². The van der Waals surface area contributed by atoms with Gasteiger partial charge in [-0.3, -0.25) is 4.98 Å². The van der Waals surface area contributed by atoms with E-state index in [9.17, 15) is 15.0 Å². The van der Waals surface area contributed by atoms with Gasteiger partial charge >= 0.3 is 6.09 Å². The fourth-order valence-corrected chi connectivity index (χ4v) is 4.74. The molecule has 1 aliphatic heterocycles. The minimum absolute atomic E-state index is 0.0161. The van der Waals surface area contributed by atoms with Crippen LogP contribution in [0.5, 0.6) is 5.88 Å². The molecule has 0 saturated carbocycles. The Bertz CT molecular complexity index is 926. The van der Waals surface area contributed by atoms with E-state index in [0.29, 0.717) is 28.5 Å². The Labute approximate surface area is 187 Å². The maximum Gasteiger partial charge on any atom is 0.407 e. The van der Waals surface area contributed by atoms with Crippen molar-refractivity contribution in [2.45, 2.75) is 51.1 Å². The molecule has 2 aromatic heterocycles. The highest BCUT2D eigenvalue weighted by atomic mass is 35.5. The van der Waals surface area contributed by atoms with Crippen molar-refractivity contribution in [1.29, 1.82) is 0 Å². The van der Waals surface area contributed by atoms with Crippen molar-refractivity contribution in [1.82, 2.24) is 19.8 Å². The summed E-state index contributed by atoms with van der Waals surface area (Å²) in [5, 5.41) is 20.3. The topological polar surface area (TPSA) is 99.0 Å². The van der Waals surface area contributed by atoms with E-state index in [1.165, 1.54) is 0 Å². The van der Waals surface area contributed by atoms with Crippen molar-refractivity contribution in [2.24, 2.45) is 0 Å². The molecule has 1 amide bonds. The summed E-state index contributed by atoms with van der Waals surface area (Å²) in [4.78, 5) is 24.5. The number of likely N-dealkylation sites (tertiary alicyclic amines) is 1. The lowest BCUT2D eigenvalue weighted by atomic mass is 9.94. The van der Waals surface area contributed by atoms with Crippen molar-refractivity contribution in [3.05, 3.63) is 28.9 Å². The SMILES string of the molecule is COc1ccc2ncc(Cl)c(C(CO)CN3CCC(N(C(=O)O)C(C)(C)C)CC3)c2n1. The first kappa shape index (κ1) is 23.5. The Morgan fingerprint density at radius 2 is 2.03 bits per heavy atom. The quantitative estimate of drug-likeness (QED) is 0.693. The molecule has 3 heterocycles. The number of amides is 1. The van der Waals surface area contributed by atoms with Crippen LogP contribution in [0.25, 0.3) is 11.0 Å². The summed E-state index contributed by atoms with van der Waals surface area (Å²) in [6.07, 6.45) is 2.21. The zero-order chi connectivity index (χ0) is 22.8. The number of aliphatic hydroxyl groups is 1. The standard InChI is InChI=1S/C22H31ClN4O4/c1-22(2,3)27(21(29)30)15-7-9-26(10-8-15)12-14(13-28)19-16(23)11-24-17-5-6-18(31-4)25-20(17)19/h5-6,11,14-15,28H,7-10,12-13H2,1-4H3,(H,29,30). The number of ether oxygens (including phenoxy) is 1. The molecular formula is C22H31ClN4O4. The van der Waals surface area contributed by atoms with Crippen LogP contribution in [0, 0.1) is 0 Å². The second kappa shape index (κ2) is 9.54. The predicted octanol–water partition coefficient (Wildman–Crippen LogP) is 3.61. The minimum atomic E-state index is -0.880. The van der Waals surface area contributed by atoms with E-state index >= 15 is 0 Å². The number of fused-ring (bicyclic) bond motifs is 1. The van der Waals surface area contributed by atoms with Gasteiger partial charge in [0, 0.05) is 55.0 Å². The Kier molecular flexibility index (Phi) is 7.24. The highest BCUT2D eigenvalue weighted by Gasteiger charge is 2.35. The maximum atomic E-state index is 11.8. The van der Waals surface area contributed by atoms with Crippen molar-refractivity contribution >= 4 is 28.7 Å². The van der Waals surface area contributed by atoms with Gasteiger partial charge in [-0.2, -0.15) is 0 Å². The van der Waals surface area contributed by atoms with Crippen LogP contribution < -0.4 is 4.74 Å². The van der Waals surface area contributed by atoms with Crippen LogP contribution in [0.2, 0.25) is 5.02 Å². The van der Waals surface area contributed by atoms with Gasteiger partial charge in [0.1, 0.15) is 0 Å². The van der Waals surface area contributed by atoms with E-state index in [1.807, 2.05) is 26.8 Å². The highest BCUT2D eigenvalue weighted by Crippen LogP contribution is 2.33. The summed E-state index contributed by atoms with van der Waals surface area (Å²) in [7, 11) is 1.55. The van der Waals surface area contributed by atoms with Crippen molar-refractivity contribution < 1.29 is 19.7 Å². The predicted molar refractivity (Wildman–Crippen MR) is 120 cm³/mol. The lowest BCUT2D eigenvalue weighted by Crippen LogP contribution is -2.54. The van der Waals surface area contributed by atoms with Gasteiger partial charge in [-0.25, -0.2) is 9.78 Å². The fourth-order valence-electron chi connectivity index (χ4n) is 4.45. The number of hydrogen-bond donors (Lipinski definition) is 2. The fraction of sp³-hybridized carbons (Fsp3) is 0.591. The minimum Gasteiger partial charge on any atom is -0.481 e. The largest absolute Gasteiger partial charge is 0.481 e. The number of nitrogens with zero attached hydrogens (tertiary/aromatic N) is 4. The highest BCUT2D eigenvalue weighted by molar-refractivity contribution is 6.32. The number of pyridine rings is 2. The Balaban J connectivity index is 1.78. The number of carboxylic acid groups (broad SMARTS) is 1. The van der Waals surface area contributed by atoms with Crippen LogP contribution >= 0.6 is 11.6 Å². The zero-order valence-corrected chi connectivity index (χ0v) is 19.3. The van der Waals surface area contributed by atoms with Crippen molar-refractivity contribution in [3.63, 3.8) is 0 Å². The van der Waals surface area contributed by atoms with Gasteiger partial charge in [0.05, 0.1) is 29.8 Å². The molecule has 1 saturated heterocycles.